The fraction of sp³-hybridized carbons (Fsp3) is 0.385. The van der Waals surface area contributed by atoms with E-state index in [1.165, 1.54) is 0 Å². The molecule has 7 heteroatoms. The van der Waals surface area contributed by atoms with Gasteiger partial charge in [0.05, 0.1) is 6.04 Å². The first-order valence-corrected chi connectivity index (χ1v) is 6.34. The maximum atomic E-state index is 12.3. The average Bonchev–Trinajstić information content (AvgIpc) is 2.80. The highest BCUT2D eigenvalue weighted by atomic mass is 35.5. The Kier molecular flexibility index (Phi) is 4.04. The first-order chi connectivity index (χ1) is 9.15. The first-order valence-electron chi connectivity index (χ1n) is 6.34. The van der Waals surface area contributed by atoms with Crippen LogP contribution in [-0.4, -0.2) is 54.0 Å². The van der Waals surface area contributed by atoms with Crippen LogP contribution in [0.25, 0.3) is 0 Å². The number of halogens is 1. The number of nitrogens with one attached hydrogen (secondary N) is 1. The van der Waals surface area contributed by atoms with Gasteiger partial charge in [-0.2, -0.15) is 0 Å². The molecule has 0 aliphatic carbocycles. The fourth-order valence-corrected chi connectivity index (χ4v) is 2.60. The molecule has 0 bridgehead atoms. The smallest absolute Gasteiger partial charge is 0.317 e. The molecule has 2 saturated heterocycles. The van der Waals surface area contributed by atoms with Gasteiger partial charge in [0.25, 0.3) is 5.91 Å². The molecule has 20 heavy (non-hydrogen) atoms. The van der Waals surface area contributed by atoms with Crippen molar-refractivity contribution in [2.24, 2.45) is 0 Å². The largest absolute Gasteiger partial charge is 0.399 e. The molecule has 0 saturated carbocycles. The molecule has 2 heterocycles. The second kappa shape index (κ2) is 5.58. The van der Waals surface area contributed by atoms with Crippen molar-refractivity contribution in [1.82, 2.24) is 15.1 Å². The molecular formula is C13H17ClN4O2. The zero-order valence-corrected chi connectivity index (χ0v) is 11.7. The maximum Gasteiger partial charge on any atom is 0.317 e. The summed E-state index contributed by atoms with van der Waals surface area (Å²) in [4.78, 5) is 27.4. The van der Waals surface area contributed by atoms with E-state index in [1.807, 2.05) is 0 Å². The lowest BCUT2D eigenvalue weighted by molar-refractivity contribution is 0.0617. The molecule has 1 atom stereocenters. The van der Waals surface area contributed by atoms with Crippen molar-refractivity contribution < 1.29 is 9.59 Å². The number of carbonyl (C=O) groups is 2. The number of fused-ring (bicyclic) bond motifs is 1. The highest BCUT2D eigenvalue weighted by molar-refractivity contribution is 5.94. The molecule has 0 radical (unpaired) electrons. The summed E-state index contributed by atoms with van der Waals surface area (Å²) in [5.41, 5.74) is 6.90. The van der Waals surface area contributed by atoms with E-state index >= 15 is 0 Å². The lowest BCUT2D eigenvalue weighted by Crippen LogP contribution is -2.53. The van der Waals surface area contributed by atoms with Gasteiger partial charge in [0.15, 0.2) is 0 Å². The van der Waals surface area contributed by atoms with Crippen molar-refractivity contribution in [3.05, 3.63) is 29.8 Å². The minimum atomic E-state index is -0.0235. The molecule has 0 spiro atoms. The Balaban J connectivity index is 0.00000147. The molecule has 3 N–H and O–H groups in total. The van der Waals surface area contributed by atoms with Gasteiger partial charge in [-0.15, -0.1) is 12.4 Å². The van der Waals surface area contributed by atoms with Crippen molar-refractivity contribution in [2.45, 2.75) is 6.04 Å². The summed E-state index contributed by atoms with van der Waals surface area (Å²) in [5, 5.41) is 2.80. The number of benzene rings is 1. The minimum absolute atomic E-state index is 0. The van der Waals surface area contributed by atoms with Crippen molar-refractivity contribution >= 4 is 30.0 Å². The van der Waals surface area contributed by atoms with Gasteiger partial charge in [-0.1, -0.05) is 0 Å². The average molecular weight is 297 g/mol. The van der Waals surface area contributed by atoms with E-state index in [9.17, 15) is 9.59 Å². The molecule has 108 valence electrons. The molecule has 3 amide bonds. The quantitative estimate of drug-likeness (QED) is 0.743. The van der Waals surface area contributed by atoms with Crippen molar-refractivity contribution in [1.29, 1.82) is 0 Å². The van der Waals surface area contributed by atoms with Gasteiger partial charge >= 0.3 is 6.03 Å². The third kappa shape index (κ3) is 2.51. The van der Waals surface area contributed by atoms with Gasteiger partial charge in [0.1, 0.15) is 0 Å². The van der Waals surface area contributed by atoms with Crippen LogP contribution in [-0.2, 0) is 0 Å². The van der Waals surface area contributed by atoms with Crippen LogP contribution in [0, 0.1) is 0 Å². The normalized spacial score (nSPS) is 21.0. The number of rotatable bonds is 1. The highest BCUT2D eigenvalue weighted by Gasteiger charge is 2.36. The van der Waals surface area contributed by atoms with Crippen molar-refractivity contribution in [2.75, 3.05) is 31.9 Å². The summed E-state index contributed by atoms with van der Waals surface area (Å²) in [6, 6.07) is 7.00. The van der Waals surface area contributed by atoms with Gasteiger partial charge in [-0.3, -0.25) is 4.79 Å². The summed E-state index contributed by atoms with van der Waals surface area (Å²) in [5.74, 6) is -0.000927. The molecule has 1 aromatic rings. The summed E-state index contributed by atoms with van der Waals surface area (Å²) >= 11 is 0. The highest BCUT2D eigenvalue weighted by Crippen LogP contribution is 2.17. The number of hydrogen-bond donors (Lipinski definition) is 2. The Morgan fingerprint density at radius 1 is 1.25 bits per heavy atom. The van der Waals surface area contributed by atoms with Gasteiger partial charge in [0, 0.05) is 37.4 Å². The second-order valence-corrected chi connectivity index (χ2v) is 4.91. The number of nitrogens with zero attached hydrogens (tertiary/aromatic N) is 2. The zero-order valence-electron chi connectivity index (χ0n) is 10.9. The number of carbonyl (C=O) groups excluding carboxylic acids is 2. The van der Waals surface area contributed by atoms with Crippen LogP contribution in [0.15, 0.2) is 24.3 Å². The maximum absolute atomic E-state index is 12.3. The van der Waals surface area contributed by atoms with E-state index in [1.54, 1.807) is 34.1 Å². The van der Waals surface area contributed by atoms with E-state index in [4.69, 9.17) is 5.73 Å². The summed E-state index contributed by atoms with van der Waals surface area (Å²) in [7, 11) is 0. The molecule has 1 aromatic carbocycles. The number of nitrogens with two attached hydrogens (primary N) is 1. The van der Waals surface area contributed by atoms with E-state index in [0.717, 1.165) is 0 Å². The Morgan fingerprint density at radius 2 is 1.95 bits per heavy atom. The number of anilines is 1. The van der Waals surface area contributed by atoms with Crippen LogP contribution in [0.2, 0.25) is 0 Å². The topological polar surface area (TPSA) is 78.7 Å². The van der Waals surface area contributed by atoms with E-state index < -0.39 is 0 Å². The van der Waals surface area contributed by atoms with Crippen LogP contribution in [0.3, 0.4) is 0 Å². The standard InChI is InChI=1S/C13H16N4O2.ClH/c14-10-3-1-9(2-4-10)12(18)16-5-6-17-11(8-16)7-15-13(17)19;/h1-4,11H,5-8,14H2,(H,15,19);1H. The van der Waals surface area contributed by atoms with Gasteiger partial charge < -0.3 is 20.9 Å². The van der Waals surface area contributed by atoms with Gasteiger partial charge in [-0.05, 0) is 24.3 Å². The monoisotopic (exact) mass is 296 g/mol. The van der Waals surface area contributed by atoms with Gasteiger partial charge in [0.2, 0.25) is 0 Å². The number of nitrogen functional groups attached to an aromatic ring is 1. The van der Waals surface area contributed by atoms with Crippen LogP contribution in [0.5, 0.6) is 0 Å². The number of amides is 3. The third-order valence-corrected chi connectivity index (χ3v) is 3.68. The molecule has 0 aromatic heterocycles. The van der Waals surface area contributed by atoms with Crippen LogP contribution >= 0.6 is 12.4 Å². The molecule has 1 unspecified atom stereocenters. The lowest BCUT2D eigenvalue weighted by Gasteiger charge is -2.36. The second-order valence-electron chi connectivity index (χ2n) is 4.91. The Bertz CT molecular complexity index is 520. The van der Waals surface area contributed by atoms with E-state index in [2.05, 4.69) is 5.32 Å². The number of hydrogen-bond acceptors (Lipinski definition) is 3. The molecule has 2 aliphatic heterocycles. The Hall–Kier alpha value is -1.95. The summed E-state index contributed by atoms with van der Waals surface area (Å²) in [6.07, 6.45) is 0. The van der Waals surface area contributed by atoms with E-state index in [0.29, 0.717) is 37.4 Å². The van der Waals surface area contributed by atoms with Crippen LogP contribution < -0.4 is 11.1 Å². The Morgan fingerprint density at radius 3 is 2.65 bits per heavy atom. The summed E-state index contributed by atoms with van der Waals surface area (Å²) in [6.45, 7) is 2.37. The Labute approximate surface area is 123 Å². The molecule has 3 rings (SSSR count). The van der Waals surface area contributed by atoms with Gasteiger partial charge in [-0.25, -0.2) is 4.79 Å². The molecule has 2 aliphatic rings. The third-order valence-electron chi connectivity index (χ3n) is 3.68. The molecule has 6 nitrogen and oxygen atoms in total. The van der Waals surface area contributed by atoms with E-state index in [-0.39, 0.29) is 30.4 Å². The lowest BCUT2D eigenvalue weighted by atomic mass is 10.1. The zero-order chi connectivity index (χ0) is 13.4. The number of urea groups is 1. The van der Waals surface area contributed by atoms with Crippen LogP contribution in [0.4, 0.5) is 10.5 Å². The molecular weight excluding hydrogens is 280 g/mol. The minimum Gasteiger partial charge on any atom is -0.399 e. The van der Waals surface area contributed by atoms with Crippen molar-refractivity contribution in [3.8, 4) is 0 Å². The summed E-state index contributed by atoms with van der Waals surface area (Å²) < 4.78 is 0. The van der Waals surface area contributed by atoms with Crippen molar-refractivity contribution in [3.63, 3.8) is 0 Å². The number of piperazine rings is 1. The first kappa shape index (κ1) is 14.5. The fourth-order valence-electron chi connectivity index (χ4n) is 2.60. The van der Waals surface area contributed by atoms with Crippen LogP contribution in [0.1, 0.15) is 10.4 Å². The predicted octanol–water partition coefficient (Wildman–Crippen LogP) is 0.540. The predicted molar refractivity (Wildman–Crippen MR) is 77.9 cm³/mol. The molecule has 2 fully saturated rings. The SMILES string of the molecule is Cl.Nc1ccc(C(=O)N2CCN3C(=O)NCC3C2)cc1.